The van der Waals surface area contributed by atoms with Gasteiger partial charge in [0, 0.05) is 12.3 Å². The van der Waals surface area contributed by atoms with Gasteiger partial charge in [-0.3, -0.25) is 9.48 Å². The van der Waals surface area contributed by atoms with Gasteiger partial charge in [-0.05, 0) is 17.7 Å². The second kappa shape index (κ2) is 4.99. The molecule has 0 aliphatic heterocycles. The Labute approximate surface area is 122 Å². The Morgan fingerprint density at radius 1 is 1.23 bits per heavy atom. The minimum Gasteiger partial charge on any atom is -0.501 e. The lowest BCUT2D eigenvalue weighted by Crippen LogP contribution is -2.23. The summed E-state index contributed by atoms with van der Waals surface area (Å²) in [7, 11) is 0. The predicted octanol–water partition coefficient (Wildman–Crippen LogP) is 1.09. The highest BCUT2D eigenvalue weighted by Gasteiger charge is 2.19. The summed E-state index contributed by atoms with van der Waals surface area (Å²) < 4.78 is 15.4. The summed E-state index contributed by atoms with van der Waals surface area (Å²) in [6.45, 7) is 0.233. The van der Waals surface area contributed by atoms with E-state index >= 15 is 0 Å². The number of fused-ring (bicyclic) bond motifs is 1. The molecule has 112 valence electrons. The molecule has 7 nitrogen and oxygen atoms in total. The number of rotatable bonds is 3. The number of carboxylic acid groups (broad SMARTS) is 1. The van der Waals surface area contributed by atoms with Gasteiger partial charge in [0.15, 0.2) is 11.3 Å². The van der Waals surface area contributed by atoms with Crippen LogP contribution in [0.3, 0.4) is 0 Å². The molecule has 1 aromatic carbocycles. The maximum Gasteiger partial charge on any atom is 0.358 e. The van der Waals surface area contributed by atoms with Crippen molar-refractivity contribution in [1.82, 2.24) is 14.2 Å². The van der Waals surface area contributed by atoms with Crippen molar-refractivity contribution in [1.29, 1.82) is 0 Å². The molecule has 2 aromatic heterocycles. The summed E-state index contributed by atoms with van der Waals surface area (Å²) in [6.07, 6.45) is 1.53. The second-order valence-electron chi connectivity index (χ2n) is 4.63. The van der Waals surface area contributed by atoms with E-state index in [1.54, 1.807) is 12.1 Å². The lowest BCUT2D eigenvalue weighted by atomic mass is 10.2. The fraction of sp³-hybridized carbons (Fsp3) is 0.0714. The second-order valence-corrected chi connectivity index (χ2v) is 4.63. The number of aromatic carboxylic acids is 1. The lowest BCUT2D eigenvalue weighted by molar-refractivity contribution is 0.0686. The van der Waals surface area contributed by atoms with E-state index in [0.29, 0.717) is 0 Å². The molecule has 0 aliphatic carbocycles. The average molecular weight is 303 g/mol. The fourth-order valence-corrected chi connectivity index (χ4v) is 2.15. The van der Waals surface area contributed by atoms with E-state index in [0.717, 1.165) is 10.1 Å². The molecule has 0 atom stereocenters. The first-order chi connectivity index (χ1) is 10.5. The first kappa shape index (κ1) is 13.8. The van der Waals surface area contributed by atoms with Crippen LogP contribution in [0.5, 0.6) is 5.75 Å². The SMILES string of the molecule is O=C(O)c1nc2ccn(Cc3ccc(F)cc3)n2c(=O)c1O. The monoisotopic (exact) mass is 303 g/mol. The highest BCUT2D eigenvalue weighted by atomic mass is 19.1. The summed E-state index contributed by atoms with van der Waals surface area (Å²) in [6, 6.07) is 7.16. The van der Waals surface area contributed by atoms with E-state index in [4.69, 9.17) is 5.11 Å². The number of hydrogen-bond acceptors (Lipinski definition) is 4. The van der Waals surface area contributed by atoms with Crippen LogP contribution in [0.4, 0.5) is 4.39 Å². The molecule has 0 unspecified atom stereocenters. The van der Waals surface area contributed by atoms with Crippen LogP contribution >= 0.6 is 0 Å². The largest absolute Gasteiger partial charge is 0.501 e. The Bertz CT molecular complexity index is 928. The zero-order valence-electron chi connectivity index (χ0n) is 11.1. The van der Waals surface area contributed by atoms with Gasteiger partial charge in [-0.25, -0.2) is 14.2 Å². The Morgan fingerprint density at radius 3 is 2.55 bits per heavy atom. The number of aromatic hydroxyl groups is 1. The maximum atomic E-state index is 12.9. The van der Waals surface area contributed by atoms with E-state index in [9.17, 15) is 19.1 Å². The van der Waals surface area contributed by atoms with Crippen molar-refractivity contribution in [2.45, 2.75) is 6.54 Å². The van der Waals surface area contributed by atoms with Crippen molar-refractivity contribution >= 4 is 11.6 Å². The number of carboxylic acids is 1. The Balaban J connectivity index is 2.12. The summed E-state index contributed by atoms with van der Waals surface area (Å²) in [5.41, 5.74) is -0.742. The highest BCUT2D eigenvalue weighted by Crippen LogP contribution is 2.12. The van der Waals surface area contributed by atoms with E-state index in [1.165, 1.54) is 29.1 Å². The molecular weight excluding hydrogens is 293 g/mol. The van der Waals surface area contributed by atoms with Crippen molar-refractivity contribution in [2.24, 2.45) is 0 Å². The normalized spacial score (nSPS) is 11.0. The van der Waals surface area contributed by atoms with Gasteiger partial charge in [-0.15, -0.1) is 0 Å². The van der Waals surface area contributed by atoms with Crippen LogP contribution in [0.25, 0.3) is 5.65 Å². The smallest absolute Gasteiger partial charge is 0.358 e. The van der Waals surface area contributed by atoms with Crippen LogP contribution in [0.15, 0.2) is 41.3 Å². The van der Waals surface area contributed by atoms with Crippen LogP contribution in [-0.4, -0.2) is 30.4 Å². The number of hydrogen-bond donors (Lipinski definition) is 2. The Kier molecular flexibility index (Phi) is 3.13. The zero-order valence-corrected chi connectivity index (χ0v) is 11.1. The van der Waals surface area contributed by atoms with Crippen molar-refractivity contribution in [3.8, 4) is 5.75 Å². The number of carbonyl (C=O) groups is 1. The third kappa shape index (κ3) is 2.20. The molecule has 0 saturated heterocycles. The molecule has 3 aromatic rings. The van der Waals surface area contributed by atoms with Crippen LogP contribution in [0, 0.1) is 5.82 Å². The molecule has 0 aliphatic rings. The van der Waals surface area contributed by atoms with Gasteiger partial charge in [0.1, 0.15) is 5.82 Å². The van der Waals surface area contributed by atoms with Gasteiger partial charge < -0.3 is 10.2 Å². The van der Waals surface area contributed by atoms with Gasteiger partial charge in [0.2, 0.25) is 5.75 Å². The molecule has 0 spiro atoms. The zero-order chi connectivity index (χ0) is 15.9. The molecule has 0 bridgehead atoms. The number of halogens is 1. The first-order valence-corrected chi connectivity index (χ1v) is 6.26. The fourth-order valence-electron chi connectivity index (χ4n) is 2.15. The molecule has 2 heterocycles. The van der Waals surface area contributed by atoms with Crippen molar-refractivity contribution < 1.29 is 19.4 Å². The van der Waals surface area contributed by atoms with Crippen molar-refractivity contribution in [2.75, 3.05) is 0 Å². The van der Waals surface area contributed by atoms with E-state index in [2.05, 4.69) is 4.98 Å². The van der Waals surface area contributed by atoms with Gasteiger partial charge in [-0.2, -0.15) is 4.52 Å². The average Bonchev–Trinajstić information content (AvgIpc) is 2.88. The van der Waals surface area contributed by atoms with Crippen LogP contribution in [-0.2, 0) is 6.54 Å². The quantitative estimate of drug-likeness (QED) is 0.755. The molecule has 2 N–H and O–H groups in total. The standard InChI is InChI=1S/C14H10FN3O4/c15-9-3-1-8(2-4-9)7-17-6-5-10-16-11(14(21)22)12(19)13(20)18(10)17/h1-6,19H,7H2,(H,21,22). The molecule has 0 saturated carbocycles. The van der Waals surface area contributed by atoms with Crippen molar-refractivity contribution in [3.63, 3.8) is 0 Å². The summed E-state index contributed by atoms with van der Waals surface area (Å²) in [4.78, 5) is 26.8. The number of benzene rings is 1. The van der Waals surface area contributed by atoms with E-state index in [1.807, 2.05) is 0 Å². The third-order valence-corrected chi connectivity index (χ3v) is 3.18. The summed E-state index contributed by atoms with van der Waals surface area (Å²) in [5.74, 6) is -2.78. The summed E-state index contributed by atoms with van der Waals surface area (Å²) in [5, 5.41) is 18.6. The molecule has 0 fully saturated rings. The van der Waals surface area contributed by atoms with Gasteiger partial charge in [0.25, 0.3) is 0 Å². The minimum atomic E-state index is -1.48. The van der Waals surface area contributed by atoms with Crippen LogP contribution < -0.4 is 5.56 Å². The topological polar surface area (TPSA) is 96.8 Å². The van der Waals surface area contributed by atoms with Gasteiger partial charge in [-0.1, -0.05) is 12.1 Å². The van der Waals surface area contributed by atoms with Crippen LogP contribution in [0.1, 0.15) is 16.1 Å². The van der Waals surface area contributed by atoms with Crippen molar-refractivity contribution in [3.05, 3.63) is 64.0 Å². The maximum absolute atomic E-state index is 12.9. The van der Waals surface area contributed by atoms with Gasteiger partial charge in [0.05, 0.1) is 6.54 Å². The highest BCUT2D eigenvalue weighted by molar-refractivity contribution is 5.88. The molecule has 3 rings (SSSR count). The van der Waals surface area contributed by atoms with Crippen LogP contribution in [0.2, 0.25) is 0 Å². The van der Waals surface area contributed by atoms with E-state index < -0.39 is 23.0 Å². The summed E-state index contributed by atoms with van der Waals surface area (Å²) >= 11 is 0. The van der Waals surface area contributed by atoms with E-state index in [-0.39, 0.29) is 18.0 Å². The molecule has 22 heavy (non-hydrogen) atoms. The molecule has 8 heteroatoms. The third-order valence-electron chi connectivity index (χ3n) is 3.18. The Morgan fingerprint density at radius 2 is 1.91 bits per heavy atom. The number of aromatic nitrogens is 3. The molecular formula is C14H10FN3O4. The molecule has 0 amide bonds. The van der Waals surface area contributed by atoms with Gasteiger partial charge >= 0.3 is 11.5 Å². The molecule has 0 radical (unpaired) electrons. The predicted molar refractivity (Wildman–Crippen MR) is 73.6 cm³/mol. The lowest BCUT2D eigenvalue weighted by Gasteiger charge is -2.07. The number of nitrogens with zero attached hydrogens (tertiary/aromatic N) is 3. The Hall–Kier alpha value is -3.16. The minimum absolute atomic E-state index is 0.0994. The first-order valence-electron chi connectivity index (χ1n) is 6.26.